The number of halogens is 3. The van der Waals surface area contributed by atoms with Gasteiger partial charge in [0.25, 0.3) is 0 Å². The van der Waals surface area contributed by atoms with Gasteiger partial charge in [-0.05, 0) is 202 Å². The van der Waals surface area contributed by atoms with E-state index in [0.717, 1.165) is 41.9 Å². The second kappa shape index (κ2) is 26.8. The van der Waals surface area contributed by atoms with E-state index >= 15 is 0 Å². The summed E-state index contributed by atoms with van der Waals surface area (Å²) in [6.07, 6.45) is 0. The Morgan fingerprint density at radius 3 is 0.857 bits per heavy atom. The molecule has 0 radical (unpaired) electrons. The predicted octanol–water partition coefficient (Wildman–Crippen LogP) is 25.4. The number of hydrogen-bond donors (Lipinski definition) is 1. The first kappa shape index (κ1) is 58.4. The topological polar surface area (TPSA) is 25.1 Å². The first-order valence-electron chi connectivity index (χ1n) is 30.3. The zero-order chi connectivity index (χ0) is 61.5. The van der Waals surface area contributed by atoms with Crippen LogP contribution in [0, 0.1) is 0 Å². The highest BCUT2D eigenvalue weighted by Gasteiger charge is 2.17. The summed E-state index contributed by atoms with van der Waals surface area (Å²) in [5, 5.41) is 8.58. The Hall–Kier alpha value is -10.3. The molecule has 1 N–H and O–H groups in total. The quantitative estimate of drug-likeness (QED) is 0.140. The van der Waals surface area contributed by atoms with Crippen LogP contribution in [-0.2, 0) is 0 Å². The molecule has 0 aliphatic carbocycles. The minimum Gasteiger partial charge on any atom is -0.356 e. The summed E-state index contributed by atoms with van der Waals surface area (Å²) in [5.74, 6) is 0. The molecular weight excluding hydrogens is 1300 g/mol. The minimum absolute atomic E-state index is 1.06. The van der Waals surface area contributed by atoms with E-state index in [4.69, 9.17) is 0 Å². The van der Waals surface area contributed by atoms with Crippen molar-refractivity contribution in [2.24, 2.45) is 0 Å². The highest BCUT2D eigenvalue weighted by Crippen LogP contribution is 2.40. The van der Waals surface area contributed by atoms with Crippen molar-refractivity contribution in [3.63, 3.8) is 0 Å². The lowest BCUT2D eigenvalue weighted by molar-refractivity contribution is 1.18. The van der Waals surface area contributed by atoms with Crippen LogP contribution in [0.1, 0.15) is 0 Å². The van der Waals surface area contributed by atoms with Gasteiger partial charge < -0.3 is 19.4 Å². The fourth-order valence-corrected chi connectivity index (χ4v) is 12.8. The monoisotopic (exact) mass is 1360 g/mol. The van der Waals surface area contributed by atoms with Gasteiger partial charge in [-0.25, -0.2) is 0 Å². The lowest BCUT2D eigenvalue weighted by Crippen LogP contribution is -2.09. The zero-order valence-electron chi connectivity index (χ0n) is 49.5. The highest BCUT2D eigenvalue weighted by atomic mass is 79.9. The van der Waals surface area contributed by atoms with E-state index in [0.29, 0.717) is 0 Å². The number of hydrogen-bond acceptors (Lipinski definition) is 2. The third-order valence-electron chi connectivity index (χ3n) is 16.5. The van der Waals surface area contributed by atoms with Crippen LogP contribution in [0.25, 0.3) is 99.5 Å². The molecule has 91 heavy (non-hydrogen) atoms. The van der Waals surface area contributed by atoms with Crippen molar-refractivity contribution < 1.29 is 0 Å². The van der Waals surface area contributed by atoms with Crippen LogP contribution in [0.3, 0.4) is 0 Å². The van der Waals surface area contributed by atoms with Crippen molar-refractivity contribution in [2.45, 2.75) is 0 Å². The van der Waals surface area contributed by atoms with Crippen LogP contribution in [0.15, 0.2) is 365 Å². The number of aromatic nitrogens is 2. The van der Waals surface area contributed by atoms with Crippen LogP contribution >= 0.6 is 47.8 Å². The summed E-state index contributed by atoms with van der Waals surface area (Å²) in [6.45, 7) is 0. The molecule has 0 saturated carbocycles. The Kier molecular flexibility index (Phi) is 17.2. The van der Waals surface area contributed by atoms with Crippen LogP contribution < -0.4 is 10.2 Å². The molecule has 0 aliphatic heterocycles. The Morgan fingerprint density at radius 2 is 0.484 bits per heavy atom. The number of nitrogens with zero attached hydrogens (tertiary/aromatic N) is 3. The molecule has 14 aromatic carbocycles. The standard InChI is InChI=1S/C42H29BrN2.C36H26N2.C6H4Br2/c43-34-20-26-38(27-21-34)44(36-22-15-31(16-23-36)30-9-3-1-4-10-30)37-24-17-32(18-25-37)33-19-28-42-40(29-33)39-13-7-8-14-41(39)45(42)35-11-5-2-6-12-35;1-3-9-26(10-4-1)27-15-20-30(21-16-27)37-31-22-17-28(18-23-31)29-19-24-36-34(25-29)33-13-7-8-14-35(33)38(36)32-11-5-2-6-12-32;7-5-1-2-6(8)4-3-5/h1-29H;1-25,37H;1-4H. The van der Waals surface area contributed by atoms with Gasteiger partial charge in [0.2, 0.25) is 0 Å². The van der Waals surface area contributed by atoms with Gasteiger partial charge in [0.1, 0.15) is 0 Å². The van der Waals surface area contributed by atoms with Gasteiger partial charge in [0.05, 0.1) is 22.1 Å². The van der Waals surface area contributed by atoms with Crippen LogP contribution in [-0.4, -0.2) is 9.13 Å². The van der Waals surface area contributed by atoms with E-state index in [2.05, 4.69) is 389 Å². The smallest absolute Gasteiger partial charge is 0.0541 e. The van der Waals surface area contributed by atoms with Gasteiger partial charge in [-0.1, -0.05) is 242 Å². The number of nitrogens with one attached hydrogen (secondary N) is 1. The summed E-state index contributed by atoms with van der Waals surface area (Å²) < 4.78 is 7.99. The first-order chi connectivity index (χ1) is 44.8. The van der Waals surface area contributed by atoms with Crippen molar-refractivity contribution in [3.8, 4) is 55.9 Å². The number of para-hydroxylation sites is 4. The van der Waals surface area contributed by atoms with E-state index in [1.807, 2.05) is 30.3 Å². The molecule has 0 amide bonds. The summed E-state index contributed by atoms with van der Waals surface area (Å²) in [6, 6.07) is 125. The third kappa shape index (κ3) is 12.8. The fourth-order valence-electron chi connectivity index (χ4n) is 12.0. The lowest BCUT2D eigenvalue weighted by Gasteiger charge is -2.26. The van der Waals surface area contributed by atoms with E-state index in [1.165, 1.54) is 99.5 Å². The lowest BCUT2D eigenvalue weighted by atomic mass is 10.0. The number of rotatable bonds is 11. The van der Waals surface area contributed by atoms with Crippen LogP contribution in [0.2, 0.25) is 0 Å². The Bertz CT molecular complexity index is 5070. The van der Waals surface area contributed by atoms with Gasteiger partial charge >= 0.3 is 0 Å². The summed E-state index contributed by atoms with van der Waals surface area (Å²) >= 11 is 10.3. The highest BCUT2D eigenvalue weighted by molar-refractivity contribution is 9.11. The zero-order valence-corrected chi connectivity index (χ0v) is 54.2. The normalized spacial score (nSPS) is 11.0. The molecule has 0 atom stereocenters. The van der Waals surface area contributed by atoms with Crippen molar-refractivity contribution in [2.75, 3.05) is 10.2 Å². The maximum atomic E-state index is 3.60. The number of fused-ring (bicyclic) bond motifs is 6. The van der Waals surface area contributed by atoms with E-state index in [-0.39, 0.29) is 0 Å². The number of anilines is 5. The fraction of sp³-hybridized carbons (Fsp3) is 0. The van der Waals surface area contributed by atoms with Gasteiger partial charge in [-0.15, -0.1) is 0 Å². The van der Waals surface area contributed by atoms with Crippen LogP contribution in [0.4, 0.5) is 28.4 Å². The first-order valence-corrected chi connectivity index (χ1v) is 32.7. The summed E-state index contributed by atoms with van der Waals surface area (Å²) in [4.78, 5) is 2.31. The van der Waals surface area contributed by atoms with Crippen molar-refractivity contribution in [1.29, 1.82) is 0 Å². The average Bonchev–Trinajstić information content (AvgIpc) is 1.63. The molecule has 4 nitrogen and oxygen atoms in total. The van der Waals surface area contributed by atoms with Crippen molar-refractivity contribution in [3.05, 3.63) is 365 Å². The SMILES string of the molecule is Brc1ccc(Br)cc1.Brc1ccc(N(c2ccc(-c3ccccc3)cc2)c2ccc(-c3ccc4c(c3)c3ccccc3n4-c3ccccc3)cc2)cc1.c1ccc(-c2ccc(Nc3ccc(-c4ccc5c(c4)c4ccccc4n5-c4ccccc4)cc3)cc2)cc1. The molecule has 0 bridgehead atoms. The van der Waals surface area contributed by atoms with Gasteiger partial charge in [-0.3, -0.25) is 0 Å². The molecule has 436 valence electrons. The Balaban J connectivity index is 0.000000143. The molecular formula is C84H59Br3N4. The average molecular weight is 1360 g/mol. The summed E-state index contributed by atoms with van der Waals surface area (Å²) in [5.41, 5.74) is 22.4. The predicted molar refractivity (Wildman–Crippen MR) is 397 cm³/mol. The van der Waals surface area contributed by atoms with Gasteiger partial charge in [0, 0.05) is 74.8 Å². The van der Waals surface area contributed by atoms with Crippen molar-refractivity contribution in [1.82, 2.24) is 9.13 Å². The Morgan fingerprint density at radius 1 is 0.220 bits per heavy atom. The molecule has 2 aromatic heterocycles. The molecule has 16 aromatic rings. The van der Waals surface area contributed by atoms with E-state index in [1.54, 1.807) is 0 Å². The van der Waals surface area contributed by atoms with Gasteiger partial charge in [0.15, 0.2) is 0 Å². The summed E-state index contributed by atoms with van der Waals surface area (Å²) in [7, 11) is 0. The largest absolute Gasteiger partial charge is 0.356 e. The van der Waals surface area contributed by atoms with E-state index in [9.17, 15) is 0 Å². The molecule has 0 saturated heterocycles. The molecule has 7 heteroatoms. The van der Waals surface area contributed by atoms with Gasteiger partial charge in [-0.2, -0.15) is 0 Å². The molecule has 0 fully saturated rings. The maximum Gasteiger partial charge on any atom is 0.0541 e. The minimum atomic E-state index is 1.06. The van der Waals surface area contributed by atoms with Crippen molar-refractivity contribution >= 4 is 120 Å². The van der Waals surface area contributed by atoms with E-state index < -0.39 is 0 Å². The molecule has 0 aliphatic rings. The molecule has 2 heterocycles. The second-order valence-electron chi connectivity index (χ2n) is 22.2. The molecule has 0 unspecified atom stereocenters. The molecule has 0 spiro atoms. The third-order valence-corrected chi connectivity index (χ3v) is 18.0. The maximum absolute atomic E-state index is 3.60. The molecule has 16 rings (SSSR count). The van der Waals surface area contributed by atoms with Crippen LogP contribution in [0.5, 0.6) is 0 Å². The number of benzene rings is 14. The Labute approximate surface area is 556 Å². The second-order valence-corrected chi connectivity index (χ2v) is 24.9.